The van der Waals surface area contributed by atoms with Crippen molar-refractivity contribution < 1.29 is 9.53 Å². The smallest absolute Gasteiger partial charge is 0.313 e. The van der Waals surface area contributed by atoms with Crippen LogP contribution < -0.4 is 0 Å². The van der Waals surface area contributed by atoms with Gasteiger partial charge < -0.3 is 4.74 Å². The predicted molar refractivity (Wildman–Crippen MR) is 114 cm³/mol. The SMILES string of the molecule is CCCCCCCCc1ccc(C2CCC(CCCCCC)OC2=O)cc1. The molecule has 2 atom stereocenters. The molecule has 1 fully saturated rings. The summed E-state index contributed by atoms with van der Waals surface area (Å²) in [6.45, 7) is 4.49. The Kier molecular flexibility index (Phi) is 10.6. The molecule has 1 aliphatic heterocycles. The van der Waals surface area contributed by atoms with Crippen molar-refractivity contribution in [3.05, 3.63) is 35.4 Å². The molecule has 0 N–H and O–H groups in total. The zero-order valence-electron chi connectivity index (χ0n) is 17.7. The highest BCUT2D eigenvalue weighted by Gasteiger charge is 2.30. The fourth-order valence-electron chi connectivity index (χ4n) is 4.11. The average Bonchev–Trinajstić information content (AvgIpc) is 2.69. The lowest BCUT2D eigenvalue weighted by molar-refractivity contribution is -0.156. The maximum absolute atomic E-state index is 12.5. The second kappa shape index (κ2) is 13.0. The first-order valence-electron chi connectivity index (χ1n) is 11.5. The van der Waals surface area contributed by atoms with Gasteiger partial charge >= 0.3 is 5.97 Å². The van der Waals surface area contributed by atoms with Crippen LogP contribution in [0.1, 0.15) is 114 Å². The van der Waals surface area contributed by atoms with Crippen LogP contribution in [-0.4, -0.2) is 12.1 Å². The zero-order valence-corrected chi connectivity index (χ0v) is 17.7. The van der Waals surface area contributed by atoms with Crippen LogP contribution in [-0.2, 0) is 16.0 Å². The molecule has 27 heavy (non-hydrogen) atoms. The molecule has 1 heterocycles. The minimum absolute atomic E-state index is 0.00887. The fourth-order valence-corrected chi connectivity index (χ4v) is 4.11. The van der Waals surface area contributed by atoms with Gasteiger partial charge in [-0.1, -0.05) is 89.5 Å². The Hall–Kier alpha value is -1.31. The van der Waals surface area contributed by atoms with Crippen LogP contribution in [0.5, 0.6) is 0 Å². The van der Waals surface area contributed by atoms with Crippen LogP contribution in [0.15, 0.2) is 24.3 Å². The quantitative estimate of drug-likeness (QED) is 0.267. The molecule has 2 unspecified atom stereocenters. The molecule has 0 amide bonds. The van der Waals surface area contributed by atoms with E-state index in [0.29, 0.717) is 0 Å². The first kappa shape index (κ1) is 22.0. The van der Waals surface area contributed by atoms with Gasteiger partial charge in [0.15, 0.2) is 0 Å². The number of unbranched alkanes of at least 4 members (excludes halogenated alkanes) is 8. The second-order valence-electron chi connectivity index (χ2n) is 8.30. The summed E-state index contributed by atoms with van der Waals surface area (Å²) >= 11 is 0. The number of ether oxygens (including phenoxy) is 1. The highest BCUT2D eigenvalue weighted by molar-refractivity contribution is 5.79. The molecule has 0 spiro atoms. The molecule has 0 radical (unpaired) electrons. The van der Waals surface area contributed by atoms with E-state index < -0.39 is 0 Å². The van der Waals surface area contributed by atoms with E-state index >= 15 is 0 Å². The Bertz CT molecular complexity index is 520. The molecule has 1 saturated heterocycles. The van der Waals surface area contributed by atoms with Crippen molar-refractivity contribution in [1.82, 2.24) is 0 Å². The van der Waals surface area contributed by atoms with E-state index in [0.717, 1.165) is 31.2 Å². The van der Waals surface area contributed by atoms with E-state index in [4.69, 9.17) is 4.74 Å². The highest BCUT2D eigenvalue weighted by Crippen LogP contribution is 2.31. The first-order chi connectivity index (χ1) is 13.2. The molecule has 1 aliphatic rings. The van der Waals surface area contributed by atoms with E-state index in [2.05, 4.69) is 38.1 Å². The van der Waals surface area contributed by atoms with Crippen LogP contribution >= 0.6 is 0 Å². The lowest BCUT2D eigenvalue weighted by Crippen LogP contribution is -2.29. The zero-order chi connectivity index (χ0) is 19.3. The van der Waals surface area contributed by atoms with Gasteiger partial charge in [-0.3, -0.25) is 4.79 Å². The minimum atomic E-state index is -0.0556. The summed E-state index contributed by atoms with van der Waals surface area (Å²) in [6.07, 6.45) is 17.3. The Morgan fingerprint density at radius 3 is 2.11 bits per heavy atom. The molecule has 0 bridgehead atoms. The summed E-state index contributed by atoms with van der Waals surface area (Å²) in [6, 6.07) is 8.73. The number of esters is 1. The number of carbonyl (C=O) groups excluding carboxylic acids is 1. The van der Waals surface area contributed by atoms with Gasteiger partial charge in [0.25, 0.3) is 0 Å². The summed E-state index contributed by atoms with van der Waals surface area (Å²) in [7, 11) is 0. The van der Waals surface area contributed by atoms with Crippen LogP contribution in [0.3, 0.4) is 0 Å². The number of carbonyl (C=O) groups is 1. The Morgan fingerprint density at radius 1 is 0.815 bits per heavy atom. The van der Waals surface area contributed by atoms with Crippen LogP contribution in [0.25, 0.3) is 0 Å². The average molecular weight is 373 g/mol. The van der Waals surface area contributed by atoms with Crippen LogP contribution in [0, 0.1) is 0 Å². The molecule has 1 aromatic rings. The molecule has 0 saturated carbocycles. The molecular weight excluding hydrogens is 332 g/mol. The third-order valence-electron chi connectivity index (χ3n) is 5.93. The summed E-state index contributed by atoms with van der Waals surface area (Å²) in [4.78, 5) is 12.5. The van der Waals surface area contributed by atoms with Crippen molar-refractivity contribution in [2.75, 3.05) is 0 Å². The molecular formula is C25H40O2. The van der Waals surface area contributed by atoms with E-state index in [-0.39, 0.29) is 18.0 Å². The van der Waals surface area contributed by atoms with Gasteiger partial charge in [0.1, 0.15) is 6.10 Å². The number of benzene rings is 1. The highest BCUT2D eigenvalue weighted by atomic mass is 16.5. The molecule has 152 valence electrons. The van der Waals surface area contributed by atoms with Crippen LogP contribution in [0.4, 0.5) is 0 Å². The minimum Gasteiger partial charge on any atom is -0.462 e. The number of hydrogen-bond acceptors (Lipinski definition) is 2. The topological polar surface area (TPSA) is 26.3 Å². The number of aryl methyl sites for hydroxylation is 1. The van der Waals surface area contributed by atoms with Crippen molar-refractivity contribution in [3.8, 4) is 0 Å². The summed E-state index contributed by atoms with van der Waals surface area (Å²) in [5.41, 5.74) is 2.53. The van der Waals surface area contributed by atoms with E-state index in [9.17, 15) is 4.79 Å². The molecule has 0 aliphatic carbocycles. The number of rotatable bonds is 13. The largest absolute Gasteiger partial charge is 0.462 e. The summed E-state index contributed by atoms with van der Waals surface area (Å²) in [5.74, 6) is -0.0644. The molecule has 2 nitrogen and oxygen atoms in total. The lowest BCUT2D eigenvalue weighted by Gasteiger charge is -2.28. The van der Waals surface area contributed by atoms with Gasteiger partial charge in [-0.25, -0.2) is 0 Å². The van der Waals surface area contributed by atoms with Crippen molar-refractivity contribution in [3.63, 3.8) is 0 Å². The van der Waals surface area contributed by atoms with E-state index in [1.807, 2.05) is 0 Å². The molecule has 1 aromatic carbocycles. The molecule has 0 aromatic heterocycles. The van der Waals surface area contributed by atoms with Gasteiger partial charge in [-0.2, -0.15) is 0 Å². The Labute approximate surface area is 167 Å². The van der Waals surface area contributed by atoms with Crippen molar-refractivity contribution in [2.45, 2.75) is 116 Å². The van der Waals surface area contributed by atoms with Gasteiger partial charge in [-0.05, 0) is 49.7 Å². The van der Waals surface area contributed by atoms with Crippen molar-refractivity contribution >= 4 is 5.97 Å². The monoisotopic (exact) mass is 372 g/mol. The van der Waals surface area contributed by atoms with Crippen molar-refractivity contribution in [2.24, 2.45) is 0 Å². The predicted octanol–water partition coefficient (Wildman–Crippen LogP) is 7.35. The Morgan fingerprint density at radius 2 is 1.44 bits per heavy atom. The van der Waals surface area contributed by atoms with E-state index in [1.54, 1.807) is 0 Å². The number of cyclic esters (lactones) is 1. The molecule has 2 rings (SSSR count). The van der Waals surface area contributed by atoms with Crippen LogP contribution in [0.2, 0.25) is 0 Å². The lowest BCUT2D eigenvalue weighted by atomic mass is 9.88. The van der Waals surface area contributed by atoms with Gasteiger partial charge in [-0.15, -0.1) is 0 Å². The van der Waals surface area contributed by atoms with Gasteiger partial charge in [0, 0.05) is 0 Å². The first-order valence-corrected chi connectivity index (χ1v) is 11.5. The summed E-state index contributed by atoms with van der Waals surface area (Å²) < 4.78 is 5.74. The fraction of sp³-hybridized carbons (Fsp3) is 0.720. The van der Waals surface area contributed by atoms with Crippen molar-refractivity contribution in [1.29, 1.82) is 0 Å². The Balaban J connectivity index is 1.71. The molecule has 2 heteroatoms. The third kappa shape index (κ3) is 8.07. The maximum Gasteiger partial charge on any atom is 0.313 e. The second-order valence-corrected chi connectivity index (χ2v) is 8.30. The van der Waals surface area contributed by atoms with E-state index in [1.165, 1.54) is 69.8 Å². The number of hydrogen-bond donors (Lipinski definition) is 0. The normalized spacial score (nSPS) is 19.9. The van der Waals surface area contributed by atoms with Gasteiger partial charge in [0.05, 0.1) is 5.92 Å². The standard InChI is InChI=1S/C25H40O2/c1-3-5-7-9-10-11-13-21-15-17-22(18-16-21)24-20-19-23(27-25(24)26)14-12-8-6-4-2/h15-18,23-24H,3-14,19-20H2,1-2H3. The third-order valence-corrected chi connectivity index (χ3v) is 5.93. The van der Waals surface area contributed by atoms with Gasteiger partial charge in [0.2, 0.25) is 0 Å². The maximum atomic E-state index is 12.5. The summed E-state index contributed by atoms with van der Waals surface area (Å²) in [5, 5.41) is 0.